The van der Waals surface area contributed by atoms with Gasteiger partial charge in [0.15, 0.2) is 0 Å². The third-order valence-corrected chi connectivity index (χ3v) is 7.52. The number of benzene rings is 2. The van der Waals surface area contributed by atoms with Gasteiger partial charge in [0.05, 0.1) is 5.56 Å². The fraction of sp³-hybridized carbons (Fsp3) is 0. The molecule has 9 heteroatoms. The molecule has 2 bridgehead atoms. The van der Waals surface area contributed by atoms with Crippen molar-refractivity contribution in [3.05, 3.63) is 51.7 Å². The van der Waals surface area contributed by atoms with Crippen molar-refractivity contribution in [2.45, 2.75) is 0 Å². The Balaban J connectivity index is 1.69. The molecule has 1 aliphatic heterocycles. The zero-order valence-corrected chi connectivity index (χ0v) is 17.9. The number of carbonyl (C=O) groups is 3. The Hall–Kier alpha value is -0.960. The number of nitrogens with zero attached hydrogens (tertiary/aromatic N) is 1. The lowest BCUT2D eigenvalue weighted by molar-refractivity contribution is -0.0586. The van der Waals surface area contributed by atoms with Crippen molar-refractivity contribution < 1.29 is 23.6 Å². The fourth-order valence-corrected chi connectivity index (χ4v) is 4.82. The molecule has 4 rings (SSSR count). The highest BCUT2D eigenvalue weighted by Crippen LogP contribution is 2.36. The zero-order chi connectivity index (χ0) is 17.2. The average Bonchev–Trinajstić information content (AvgIpc) is 3.21. The van der Waals surface area contributed by atoms with E-state index in [2.05, 4.69) is 22.6 Å². The van der Waals surface area contributed by atoms with Crippen LogP contribution in [0.1, 0.15) is 31.1 Å². The van der Waals surface area contributed by atoms with Crippen molar-refractivity contribution in [1.82, 2.24) is 5.06 Å². The second-order valence-electron chi connectivity index (χ2n) is 4.92. The quantitative estimate of drug-likeness (QED) is 0.236. The Labute approximate surface area is 175 Å². The van der Waals surface area contributed by atoms with E-state index >= 15 is 0 Å². The van der Waals surface area contributed by atoms with Crippen LogP contribution >= 0.6 is 67.8 Å². The molecule has 0 saturated heterocycles. The van der Waals surface area contributed by atoms with Crippen LogP contribution in [0, 0.1) is 10.7 Å². The van der Waals surface area contributed by atoms with E-state index in [1.807, 2.05) is 51.2 Å². The van der Waals surface area contributed by atoms with Crippen molar-refractivity contribution in [3.8, 4) is 0 Å². The molecule has 0 aliphatic carbocycles. The molecule has 3 aromatic rings. The maximum Gasteiger partial charge on any atom is 0.366 e. The number of hydrogen-bond acceptors (Lipinski definition) is 5. The fourth-order valence-electron chi connectivity index (χ4n) is 2.50. The molecule has 0 spiro atoms. The largest absolute Gasteiger partial charge is 0.456 e. The van der Waals surface area contributed by atoms with Crippen LogP contribution < -0.4 is 0 Å². The molecule has 3 heterocycles. The Bertz CT molecular complexity index is 997. The Morgan fingerprint density at radius 1 is 0.917 bits per heavy atom. The van der Waals surface area contributed by atoms with Crippen LogP contribution in [0.15, 0.2) is 28.7 Å². The van der Waals surface area contributed by atoms with Gasteiger partial charge in [0.25, 0.3) is 11.8 Å². The maximum atomic E-state index is 12.5. The second-order valence-corrected chi connectivity index (χ2v) is 8.32. The Morgan fingerprint density at radius 3 is 2.04 bits per heavy atom. The van der Waals surface area contributed by atoms with E-state index in [0.717, 1.165) is 3.57 Å². The summed E-state index contributed by atoms with van der Waals surface area (Å²) in [4.78, 5) is 42.5. The number of carbonyl (C=O) groups excluding carboxylic acids is 3. The van der Waals surface area contributed by atoms with E-state index in [1.165, 1.54) is 0 Å². The van der Waals surface area contributed by atoms with Crippen LogP contribution in [-0.2, 0) is 4.84 Å². The lowest BCUT2D eigenvalue weighted by Gasteiger charge is -2.14. The molecule has 0 radical (unpaired) electrons. The van der Waals surface area contributed by atoms with E-state index in [9.17, 15) is 14.4 Å². The highest BCUT2D eigenvalue weighted by atomic mass is 127. The summed E-state index contributed by atoms with van der Waals surface area (Å²) in [5.41, 5.74) is 1.26. The van der Waals surface area contributed by atoms with Crippen LogP contribution in [-0.4, -0.2) is 22.8 Å². The maximum absolute atomic E-state index is 12.5. The van der Waals surface area contributed by atoms with Crippen molar-refractivity contribution in [1.29, 1.82) is 0 Å². The lowest BCUT2D eigenvalue weighted by Crippen LogP contribution is -2.33. The summed E-state index contributed by atoms with van der Waals surface area (Å²) in [7, 11) is 0. The van der Waals surface area contributed by atoms with E-state index in [0.29, 0.717) is 28.9 Å². The van der Waals surface area contributed by atoms with Gasteiger partial charge in [0, 0.05) is 10.7 Å². The van der Waals surface area contributed by atoms with Crippen molar-refractivity contribution >= 4 is 96.7 Å². The summed E-state index contributed by atoms with van der Waals surface area (Å²) in [5.74, 6) is -2.12. The van der Waals surface area contributed by atoms with Gasteiger partial charge in [0.1, 0.15) is 22.3 Å². The summed E-state index contributed by atoms with van der Waals surface area (Å²) < 4.78 is 7.57. The molecule has 0 fully saturated rings. The van der Waals surface area contributed by atoms with E-state index in [-0.39, 0.29) is 11.1 Å². The number of fused-ring (bicyclic) bond motifs is 5. The minimum Gasteiger partial charge on any atom is -0.456 e. The topological polar surface area (TPSA) is 76.8 Å². The van der Waals surface area contributed by atoms with Gasteiger partial charge in [-0.2, -0.15) is 0 Å². The van der Waals surface area contributed by atoms with Gasteiger partial charge in [-0.05, 0) is 92.0 Å². The number of hydroxylamine groups is 2. The van der Waals surface area contributed by atoms with Gasteiger partial charge in [-0.1, -0.05) is 5.06 Å². The first-order valence-corrected chi connectivity index (χ1v) is 9.73. The van der Waals surface area contributed by atoms with E-state index < -0.39 is 17.8 Å². The molecule has 1 aliphatic rings. The average molecular weight is 659 g/mol. The first-order valence-electron chi connectivity index (χ1n) is 6.49. The van der Waals surface area contributed by atoms with Gasteiger partial charge in [-0.25, -0.2) is 4.79 Å². The highest BCUT2D eigenvalue weighted by Gasteiger charge is 2.44. The zero-order valence-electron chi connectivity index (χ0n) is 11.4. The van der Waals surface area contributed by atoms with Gasteiger partial charge >= 0.3 is 5.97 Å². The summed E-state index contributed by atoms with van der Waals surface area (Å²) in [6.45, 7) is 0. The Kier molecular flexibility index (Phi) is 3.98. The second kappa shape index (κ2) is 5.79. The summed E-state index contributed by atoms with van der Waals surface area (Å²) in [6, 6.07) is 6.86. The molecule has 6 nitrogen and oxygen atoms in total. The van der Waals surface area contributed by atoms with Crippen LogP contribution in [0.2, 0.25) is 0 Å². The first kappa shape index (κ1) is 16.5. The van der Waals surface area contributed by atoms with Crippen molar-refractivity contribution in [2.75, 3.05) is 0 Å². The molecule has 0 unspecified atom stereocenters. The van der Waals surface area contributed by atoms with E-state index in [1.54, 1.807) is 18.2 Å². The third kappa shape index (κ3) is 2.27. The van der Waals surface area contributed by atoms with Crippen LogP contribution in [0.3, 0.4) is 0 Å². The normalized spacial score (nSPS) is 13.9. The molecule has 2 aromatic heterocycles. The highest BCUT2D eigenvalue weighted by molar-refractivity contribution is 14.1. The smallest absolute Gasteiger partial charge is 0.366 e. The van der Waals surface area contributed by atoms with Crippen LogP contribution in [0.4, 0.5) is 0 Å². The standard InChI is InChI=1S/C15H4I3NO5/c16-5-1-2-6(17)12(18)9(5)15(22)24-19-13(20)10-7-3-4-8(23-7)11(10)14(19)21/h1-4H. The molecule has 1 aromatic carbocycles. The first-order chi connectivity index (χ1) is 11.4. The van der Waals surface area contributed by atoms with Gasteiger partial charge < -0.3 is 9.25 Å². The van der Waals surface area contributed by atoms with Gasteiger partial charge in [0.2, 0.25) is 0 Å². The minimum absolute atomic E-state index is 0.150. The SMILES string of the molecule is O=C(ON1C(=O)c2c(c3ccc2o3)C1=O)c1c(I)ccc(I)c1I. The molecular formula is C15H4I3NO5. The lowest BCUT2D eigenvalue weighted by atomic mass is 10.1. The Morgan fingerprint density at radius 2 is 1.46 bits per heavy atom. The molecule has 2 amide bonds. The number of rotatable bonds is 2. The molecule has 24 heavy (non-hydrogen) atoms. The summed E-state index contributed by atoms with van der Waals surface area (Å²) in [5, 5.41) is 0.508. The van der Waals surface area contributed by atoms with Gasteiger partial charge in [-0.15, -0.1) is 0 Å². The third-order valence-electron chi connectivity index (χ3n) is 3.57. The molecular weight excluding hydrogens is 655 g/mol. The predicted molar refractivity (Wildman–Crippen MR) is 108 cm³/mol. The molecule has 0 saturated carbocycles. The van der Waals surface area contributed by atoms with Crippen molar-refractivity contribution in [3.63, 3.8) is 0 Å². The van der Waals surface area contributed by atoms with Crippen LogP contribution in [0.5, 0.6) is 0 Å². The number of amides is 2. The van der Waals surface area contributed by atoms with Crippen molar-refractivity contribution in [2.24, 2.45) is 0 Å². The molecule has 0 atom stereocenters. The number of imide groups is 1. The minimum atomic E-state index is -0.749. The van der Waals surface area contributed by atoms with Crippen LogP contribution in [0.25, 0.3) is 11.2 Å². The predicted octanol–water partition coefficient (Wildman–Crippen LogP) is 4.05. The van der Waals surface area contributed by atoms with E-state index in [4.69, 9.17) is 9.25 Å². The summed E-state index contributed by atoms with van der Waals surface area (Å²) >= 11 is 6.15. The molecule has 120 valence electrons. The molecule has 0 N–H and O–H groups in total. The summed E-state index contributed by atoms with van der Waals surface area (Å²) in [6.07, 6.45) is 0. The monoisotopic (exact) mass is 659 g/mol. The number of hydrogen-bond donors (Lipinski definition) is 0. The van der Waals surface area contributed by atoms with Gasteiger partial charge in [-0.3, -0.25) is 9.59 Å². The number of furan rings is 2. The number of halogens is 3.